The first-order chi connectivity index (χ1) is 11.0. The van der Waals surface area contributed by atoms with Crippen molar-refractivity contribution in [1.29, 1.82) is 0 Å². The molecule has 2 unspecified atom stereocenters. The molecule has 0 fully saturated rings. The van der Waals surface area contributed by atoms with Crippen LogP contribution in [0.25, 0.3) is 0 Å². The van der Waals surface area contributed by atoms with Gasteiger partial charge in [-0.1, -0.05) is 18.2 Å². The third kappa shape index (κ3) is 4.87. The monoisotopic (exact) mass is 334 g/mol. The number of carbonyl (C=O) groups excluding carboxylic acids is 1. The average Bonchev–Trinajstić information content (AvgIpc) is 2.54. The molecular formula is C16H18N2O4S. The number of benzene rings is 1. The number of ether oxygens (including phenoxy) is 1. The molecule has 6 nitrogen and oxygen atoms in total. The largest absolute Gasteiger partial charge is 0.428 e. The molecular weight excluding hydrogens is 316 g/mol. The first-order valence-corrected chi connectivity index (χ1v) is 8.02. The molecule has 2 aromatic rings. The number of aryl methyl sites for hydroxylation is 1. The van der Waals surface area contributed by atoms with Gasteiger partial charge in [0, 0.05) is 13.2 Å². The predicted octanol–water partition coefficient (Wildman–Crippen LogP) is 3.18. The van der Waals surface area contributed by atoms with Gasteiger partial charge in [-0.25, -0.2) is 13.3 Å². The average molecular weight is 334 g/mol. The van der Waals surface area contributed by atoms with Crippen molar-refractivity contribution in [3.63, 3.8) is 0 Å². The van der Waals surface area contributed by atoms with Crippen LogP contribution in [0.5, 0.6) is 5.75 Å². The smallest absolute Gasteiger partial charge is 0.409 e. The zero-order valence-corrected chi connectivity index (χ0v) is 13.9. The Morgan fingerprint density at radius 3 is 2.70 bits per heavy atom. The van der Waals surface area contributed by atoms with Crippen LogP contribution in [0, 0.1) is 6.92 Å². The molecule has 0 bridgehead atoms. The van der Waals surface area contributed by atoms with Crippen molar-refractivity contribution >= 4 is 17.4 Å². The highest BCUT2D eigenvalue weighted by molar-refractivity contribution is 7.78. The van der Waals surface area contributed by atoms with Crippen molar-refractivity contribution in [2.45, 2.75) is 20.0 Å². The number of amides is 1. The summed E-state index contributed by atoms with van der Waals surface area (Å²) in [7, 11) is 1.35. The molecule has 0 spiro atoms. The standard InChI is InChI=1S/C16H18N2O4S/c1-12-7-6-8-14(11-12)21-16(19)18(3)23(20)22-13(2)15-9-4-5-10-17-15/h4-11,13H,1-3H3. The topological polar surface area (TPSA) is 68.7 Å². The molecule has 1 aromatic carbocycles. The summed E-state index contributed by atoms with van der Waals surface area (Å²) < 4.78 is 23.5. The second-order valence-electron chi connectivity index (χ2n) is 4.89. The van der Waals surface area contributed by atoms with Crippen LogP contribution in [0.3, 0.4) is 0 Å². The van der Waals surface area contributed by atoms with Crippen LogP contribution < -0.4 is 4.74 Å². The number of hydrogen-bond acceptors (Lipinski definition) is 5. The molecule has 0 N–H and O–H groups in total. The summed E-state index contributed by atoms with van der Waals surface area (Å²) in [6, 6.07) is 12.4. The van der Waals surface area contributed by atoms with Crippen molar-refractivity contribution in [3.8, 4) is 5.75 Å². The number of hydrogen-bond donors (Lipinski definition) is 0. The Hall–Kier alpha value is -2.25. The lowest BCUT2D eigenvalue weighted by Gasteiger charge is -2.18. The summed E-state index contributed by atoms with van der Waals surface area (Å²) >= 11 is -1.99. The van der Waals surface area contributed by atoms with Crippen molar-refractivity contribution in [2.75, 3.05) is 7.05 Å². The summed E-state index contributed by atoms with van der Waals surface area (Å²) in [6.07, 6.45) is 0.335. The summed E-state index contributed by atoms with van der Waals surface area (Å²) in [4.78, 5) is 16.1. The lowest BCUT2D eigenvalue weighted by atomic mass is 10.2. The van der Waals surface area contributed by atoms with Crippen LogP contribution in [0.4, 0.5) is 4.79 Å². The Labute approximate surface area is 137 Å². The Morgan fingerprint density at radius 2 is 2.04 bits per heavy atom. The van der Waals surface area contributed by atoms with E-state index in [1.54, 1.807) is 49.5 Å². The molecule has 0 aliphatic rings. The van der Waals surface area contributed by atoms with Gasteiger partial charge in [0.25, 0.3) is 11.3 Å². The summed E-state index contributed by atoms with van der Waals surface area (Å²) in [5.74, 6) is 0.386. The quantitative estimate of drug-likeness (QED) is 0.840. The molecule has 1 amide bonds. The van der Waals surface area contributed by atoms with Gasteiger partial charge in [0.1, 0.15) is 11.9 Å². The number of pyridine rings is 1. The summed E-state index contributed by atoms with van der Waals surface area (Å²) in [5, 5.41) is 0. The van der Waals surface area contributed by atoms with E-state index in [4.69, 9.17) is 8.92 Å². The van der Waals surface area contributed by atoms with Gasteiger partial charge >= 0.3 is 6.09 Å². The van der Waals surface area contributed by atoms with Crippen molar-refractivity contribution in [2.24, 2.45) is 0 Å². The molecule has 1 heterocycles. The Morgan fingerprint density at radius 1 is 1.26 bits per heavy atom. The highest BCUT2D eigenvalue weighted by Crippen LogP contribution is 2.18. The van der Waals surface area contributed by atoms with Gasteiger partial charge in [0.15, 0.2) is 0 Å². The van der Waals surface area contributed by atoms with Crippen LogP contribution in [-0.4, -0.2) is 26.6 Å². The molecule has 0 radical (unpaired) electrons. The first-order valence-electron chi connectivity index (χ1n) is 6.99. The third-order valence-corrected chi connectivity index (χ3v) is 4.06. The second kappa shape index (κ2) is 7.85. The van der Waals surface area contributed by atoms with Crippen molar-refractivity contribution in [3.05, 3.63) is 59.9 Å². The number of rotatable bonds is 5. The molecule has 2 atom stereocenters. The predicted molar refractivity (Wildman–Crippen MR) is 86.8 cm³/mol. The van der Waals surface area contributed by atoms with Crippen LogP contribution in [-0.2, 0) is 15.4 Å². The van der Waals surface area contributed by atoms with E-state index < -0.39 is 23.5 Å². The Kier molecular flexibility index (Phi) is 5.84. The maximum absolute atomic E-state index is 12.1. The number of aromatic nitrogens is 1. The molecule has 0 aliphatic carbocycles. The second-order valence-corrected chi connectivity index (χ2v) is 6.07. The van der Waals surface area contributed by atoms with E-state index in [0.29, 0.717) is 11.4 Å². The van der Waals surface area contributed by atoms with E-state index in [9.17, 15) is 9.00 Å². The number of nitrogens with zero attached hydrogens (tertiary/aromatic N) is 2. The summed E-state index contributed by atoms with van der Waals surface area (Å²) in [5.41, 5.74) is 1.58. The lowest BCUT2D eigenvalue weighted by Crippen LogP contribution is -2.33. The van der Waals surface area contributed by atoms with Gasteiger partial charge in [-0.2, -0.15) is 0 Å². The van der Waals surface area contributed by atoms with Crippen LogP contribution in [0.2, 0.25) is 0 Å². The molecule has 0 aliphatic heterocycles. The maximum atomic E-state index is 12.1. The molecule has 23 heavy (non-hydrogen) atoms. The fourth-order valence-electron chi connectivity index (χ4n) is 1.76. The van der Waals surface area contributed by atoms with Gasteiger partial charge in [0.05, 0.1) is 5.69 Å². The minimum absolute atomic E-state index is 0.386. The van der Waals surface area contributed by atoms with Crippen molar-refractivity contribution in [1.82, 2.24) is 9.29 Å². The minimum Gasteiger partial charge on any atom is -0.409 e. The zero-order valence-electron chi connectivity index (χ0n) is 13.1. The molecule has 0 saturated heterocycles. The van der Waals surface area contributed by atoms with E-state index in [1.807, 2.05) is 13.0 Å². The van der Waals surface area contributed by atoms with Crippen LogP contribution in [0.1, 0.15) is 24.3 Å². The third-order valence-electron chi connectivity index (χ3n) is 3.01. The SMILES string of the molecule is Cc1cccc(OC(=O)N(C)S(=O)OC(C)c2ccccn2)c1. The van der Waals surface area contributed by atoms with Crippen molar-refractivity contribution < 1.29 is 17.9 Å². The molecule has 1 aromatic heterocycles. The molecule has 2 rings (SSSR count). The highest BCUT2D eigenvalue weighted by atomic mass is 32.2. The van der Waals surface area contributed by atoms with E-state index in [0.717, 1.165) is 9.87 Å². The normalized spacial score (nSPS) is 13.2. The fourth-order valence-corrected chi connectivity index (χ4v) is 2.39. The van der Waals surface area contributed by atoms with Crippen LogP contribution in [0.15, 0.2) is 48.7 Å². The number of carbonyl (C=O) groups is 1. The molecule has 122 valence electrons. The first kappa shape index (κ1) is 17.1. The van der Waals surface area contributed by atoms with Gasteiger partial charge in [-0.05, 0) is 43.7 Å². The lowest BCUT2D eigenvalue weighted by molar-refractivity contribution is 0.176. The zero-order chi connectivity index (χ0) is 16.8. The maximum Gasteiger partial charge on any atom is 0.428 e. The van der Waals surface area contributed by atoms with Gasteiger partial charge < -0.3 is 4.74 Å². The summed E-state index contributed by atoms with van der Waals surface area (Å²) in [6.45, 7) is 3.59. The van der Waals surface area contributed by atoms with E-state index >= 15 is 0 Å². The molecule has 0 saturated carbocycles. The fraction of sp³-hybridized carbons (Fsp3) is 0.250. The van der Waals surface area contributed by atoms with Gasteiger partial charge in [0.2, 0.25) is 0 Å². The highest BCUT2D eigenvalue weighted by Gasteiger charge is 2.22. The van der Waals surface area contributed by atoms with Gasteiger partial charge in [-0.15, -0.1) is 0 Å². The van der Waals surface area contributed by atoms with E-state index in [2.05, 4.69) is 4.98 Å². The molecule has 7 heteroatoms. The Bertz CT molecular complexity index is 693. The van der Waals surface area contributed by atoms with Crippen LogP contribution >= 0.6 is 0 Å². The van der Waals surface area contributed by atoms with Gasteiger partial charge in [-0.3, -0.25) is 9.17 Å². The Balaban J connectivity index is 1.95. The van der Waals surface area contributed by atoms with E-state index in [1.165, 1.54) is 7.05 Å². The minimum atomic E-state index is -1.99. The van der Waals surface area contributed by atoms with E-state index in [-0.39, 0.29) is 0 Å².